The molecule has 0 radical (unpaired) electrons. The lowest BCUT2D eigenvalue weighted by atomic mass is 10.1. The third-order valence-electron chi connectivity index (χ3n) is 11.0. The van der Waals surface area contributed by atoms with Gasteiger partial charge in [-0.3, -0.25) is 14.4 Å². The molecule has 0 unspecified atom stereocenters. The van der Waals surface area contributed by atoms with E-state index in [4.69, 9.17) is 15.3 Å². The Hall–Kier alpha value is -2.37. The normalized spacial score (nSPS) is 11.2. The van der Waals surface area contributed by atoms with Crippen LogP contribution in [0.2, 0.25) is 0 Å². The second-order valence-electron chi connectivity index (χ2n) is 17.2. The Morgan fingerprint density at radius 2 is 0.417 bits per heavy atom. The minimum absolute atomic E-state index is 0. The second-order valence-corrected chi connectivity index (χ2v) is 17.2. The average molecular weight is 848 g/mol. The Kier molecular flexibility index (Phi) is 60.6. The van der Waals surface area contributed by atoms with Gasteiger partial charge in [-0.25, -0.2) is 0 Å². The van der Waals surface area contributed by atoms with Crippen LogP contribution in [0.15, 0.2) is 36.5 Å². The molecule has 3 N–H and O–H groups in total. The SMILES string of the molecule is CCCCCCCC/C=C\CCCCCCCC(=O)O.CCCCCCCC/C=C\CCCCCCCC(=O)O.CCCCCCCC/C=C\CCCCCCCC(=O)O.[H-]. The third kappa shape index (κ3) is 70.2. The fourth-order valence-corrected chi connectivity index (χ4v) is 7.04. The van der Waals surface area contributed by atoms with Gasteiger partial charge in [-0.05, 0) is 96.3 Å². The number of carbonyl (C=O) groups is 3. The summed E-state index contributed by atoms with van der Waals surface area (Å²) < 4.78 is 0. The van der Waals surface area contributed by atoms with E-state index >= 15 is 0 Å². The Bertz CT molecular complexity index is 827. The molecule has 356 valence electrons. The molecule has 0 aromatic carbocycles. The first-order chi connectivity index (χ1) is 29.3. The summed E-state index contributed by atoms with van der Waals surface area (Å²) in [5.41, 5.74) is 0. The van der Waals surface area contributed by atoms with E-state index in [-0.39, 0.29) is 1.43 Å². The van der Waals surface area contributed by atoms with E-state index in [1.807, 2.05) is 0 Å². The number of hydrogen-bond acceptors (Lipinski definition) is 3. The van der Waals surface area contributed by atoms with Crippen molar-refractivity contribution in [2.24, 2.45) is 0 Å². The van der Waals surface area contributed by atoms with E-state index in [2.05, 4.69) is 57.2 Å². The van der Waals surface area contributed by atoms with Crippen LogP contribution in [0.3, 0.4) is 0 Å². The molecule has 60 heavy (non-hydrogen) atoms. The zero-order chi connectivity index (χ0) is 44.7. The smallest absolute Gasteiger partial charge is 0.303 e. The maximum absolute atomic E-state index is 10.3. The molecule has 0 saturated carbocycles. The Labute approximate surface area is 374 Å². The first-order valence-corrected chi connectivity index (χ1v) is 25.9. The average Bonchev–Trinajstić information content (AvgIpc) is 3.22. The lowest BCUT2D eigenvalue weighted by Crippen LogP contribution is -1.93. The maximum Gasteiger partial charge on any atom is 0.303 e. The molecule has 0 aliphatic rings. The molecule has 6 heteroatoms. The fourth-order valence-electron chi connectivity index (χ4n) is 7.04. The molecule has 0 aliphatic heterocycles. The molecular formula is C54H103O6-. The van der Waals surface area contributed by atoms with Gasteiger partial charge < -0.3 is 16.7 Å². The molecule has 0 spiro atoms. The molecule has 0 fully saturated rings. The lowest BCUT2D eigenvalue weighted by molar-refractivity contribution is -0.138. The molecule has 0 atom stereocenters. The van der Waals surface area contributed by atoms with Crippen molar-refractivity contribution in [2.45, 2.75) is 290 Å². The second kappa shape index (κ2) is 58.7. The summed E-state index contributed by atoms with van der Waals surface area (Å²) >= 11 is 0. The maximum atomic E-state index is 10.3. The van der Waals surface area contributed by atoms with Gasteiger partial charge in [0, 0.05) is 19.3 Å². The molecule has 0 rings (SSSR count). The largest absolute Gasteiger partial charge is 1.00 e. The van der Waals surface area contributed by atoms with Crippen molar-refractivity contribution in [3.63, 3.8) is 0 Å². The Morgan fingerprint density at radius 1 is 0.267 bits per heavy atom. The first-order valence-electron chi connectivity index (χ1n) is 25.9. The summed E-state index contributed by atoms with van der Waals surface area (Å²) in [7, 11) is 0. The highest BCUT2D eigenvalue weighted by atomic mass is 16.4. The summed E-state index contributed by atoms with van der Waals surface area (Å²) in [6, 6.07) is 0. The molecule has 0 saturated heterocycles. The molecule has 0 bridgehead atoms. The molecule has 0 aromatic rings. The molecule has 6 nitrogen and oxygen atoms in total. The number of allylic oxidation sites excluding steroid dienone is 6. The highest BCUT2D eigenvalue weighted by molar-refractivity contribution is 5.67. The van der Waals surface area contributed by atoms with Gasteiger partial charge in [-0.15, -0.1) is 0 Å². The standard InChI is InChI=1S/3C18H34O2.H/c3*1-2-3-4-5-6-7-8-9-10-11-12-13-14-15-16-17-18(19)20;/h3*9-10H,2-8,11-17H2,1H3,(H,19,20);/q;;;-1/b3*10-9-;. The number of carboxylic acids is 3. The monoisotopic (exact) mass is 848 g/mol. The quantitative estimate of drug-likeness (QED) is 0.0416. The third-order valence-corrected chi connectivity index (χ3v) is 11.0. The van der Waals surface area contributed by atoms with Crippen molar-refractivity contribution >= 4 is 17.9 Å². The Balaban J connectivity index is -0.000000396. The van der Waals surface area contributed by atoms with Crippen molar-refractivity contribution in [3.8, 4) is 0 Å². The van der Waals surface area contributed by atoms with Gasteiger partial charge in [0.15, 0.2) is 0 Å². The van der Waals surface area contributed by atoms with Crippen LogP contribution in [0.25, 0.3) is 0 Å². The number of hydrogen-bond donors (Lipinski definition) is 3. The highest BCUT2D eigenvalue weighted by Crippen LogP contribution is 2.13. The van der Waals surface area contributed by atoms with Crippen LogP contribution in [0, 0.1) is 0 Å². The van der Waals surface area contributed by atoms with E-state index in [1.165, 1.54) is 212 Å². The van der Waals surface area contributed by atoms with Crippen molar-refractivity contribution in [3.05, 3.63) is 36.5 Å². The summed E-state index contributed by atoms with van der Waals surface area (Å²) in [5, 5.41) is 25.5. The Morgan fingerprint density at radius 3 is 0.583 bits per heavy atom. The first kappa shape index (κ1) is 61.9. The number of aliphatic carboxylic acids is 3. The summed E-state index contributed by atoms with van der Waals surface area (Å²) in [6.45, 7) is 6.78. The van der Waals surface area contributed by atoms with Crippen molar-refractivity contribution in [1.29, 1.82) is 0 Å². The van der Waals surface area contributed by atoms with Crippen LogP contribution in [0.1, 0.15) is 292 Å². The predicted molar refractivity (Wildman–Crippen MR) is 262 cm³/mol. The van der Waals surface area contributed by atoms with Gasteiger partial charge in [0.2, 0.25) is 0 Å². The van der Waals surface area contributed by atoms with Gasteiger partial charge in [0.05, 0.1) is 0 Å². The van der Waals surface area contributed by atoms with Crippen LogP contribution >= 0.6 is 0 Å². The van der Waals surface area contributed by atoms with Crippen molar-refractivity contribution in [2.75, 3.05) is 0 Å². The van der Waals surface area contributed by atoms with Crippen molar-refractivity contribution < 1.29 is 31.1 Å². The van der Waals surface area contributed by atoms with Gasteiger partial charge in [0.25, 0.3) is 0 Å². The summed E-state index contributed by atoms with van der Waals surface area (Å²) in [6.07, 6.45) is 63.7. The van der Waals surface area contributed by atoms with Crippen molar-refractivity contribution in [1.82, 2.24) is 0 Å². The van der Waals surface area contributed by atoms with Gasteiger partial charge in [0.1, 0.15) is 0 Å². The number of rotatable bonds is 45. The summed E-state index contributed by atoms with van der Waals surface area (Å²) in [5.74, 6) is -1.99. The molecule has 0 aromatic heterocycles. The minimum atomic E-state index is -0.664. The van der Waals surface area contributed by atoms with Gasteiger partial charge in [-0.1, -0.05) is 211 Å². The van der Waals surface area contributed by atoms with Gasteiger partial charge >= 0.3 is 17.9 Å². The van der Waals surface area contributed by atoms with E-state index < -0.39 is 17.9 Å². The van der Waals surface area contributed by atoms with Crippen LogP contribution < -0.4 is 0 Å². The molecular weight excluding hydrogens is 745 g/mol. The molecule has 0 heterocycles. The van der Waals surface area contributed by atoms with E-state index in [0.717, 1.165) is 38.5 Å². The van der Waals surface area contributed by atoms with Crippen LogP contribution in [-0.4, -0.2) is 33.2 Å². The van der Waals surface area contributed by atoms with E-state index in [0.29, 0.717) is 19.3 Å². The topological polar surface area (TPSA) is 112 Å². The zero-order valence-corrected chi connectivity index (χ0v) is 40.2. The zero-order valence-electron chi connectivity index (χ0n) is 41.2. The predicted octanol–water partition coefficient (Wildman–Crippen LogP) is 18.4. The number of carboxylic acid groups (broad SMARTS) is 3. The molecule has 0 amide bonds. The highest BCUT2D eigenvalue weighted by Gasteiger charge is 1.98. The van der Waals surface area contributed by atoms with E-state index in [1.54, 1.807) is 0 Å². The molecule has 0 aliphatic carbocycles. The van der Waals surface area contributed by atoms with Gasteiger partial charge in [-0.2, -0.15) is 0 Å². The van der Waals surface area contributed by atoms with Crippen LogP contribution in [0.5, 0.6) is 0 Å². The summed E-state index contributed by atoms with van der Waals surface area (Å²) in [4.78, 5) is 31.0. The minimum Gasteiger partial charge on any atom is -1.00 e. The lowest BCUT2D eigenvalue weighted by Gasteiger charge is -1.99. The van der Waals surface area contributed by atoms with Crippen LogP contribution in [-0.2, 0) is 14.4 Å². The number of unbranched alkanes of at least 4 members (excludes halogenated alkanes) is 33. The van der Waals surface area contributed by atoms with Crippen LogP contribution in [0.4, 0.5) is 0 Å². The van der Waals surface area contributed by atoms with E-state index in [9.17, 15) is 14.4 Å². The fraction of sp³-hybridized carbons (Fsp3) is 0.833.